The minimum atomic E-state index is -0.465. The van der Waals surface area contributed by atoms with Gasteiger partial charge in [-0.25, -0.2) is 0 Å². The molecule has 0 saturated carbocycles. The van der Waals surface area contributed by atoms with Crippen molar-refractivity contribution in [1.82, 2.24) is 0 Å². The molecule has 6 nitrogen and oxygen atoms in total. The Bertz CT molecular complexity index is 505. The van der Waals surface area contributed by atoms with Gasteiger partial charge in [-0.15, -0.1) is 0 Å². The maximum atomic E-state index is 11.1. The number of benzene rings is 1. The molecule has 1 unspecified atom stereocenters. The van der Waals surface area contributed by atoms with Crippen molar-refractivity contribution in [3.8, 4) is 0 Å². The Kier molecular flexibility index (Phi) is 4.73. The third-order valence-electron chi connectivity index (χ3n) is 3.92. The first-order chi connectivity index (χ1) is 10.7. The van der Waals surface area contributed by atoms with E-state index in [2.05, 4.69) is 0 Å². The van der Waals surface area contributed by atoms with Gasteiger partial charge in [-0.3, -0.25) is 4.79 Å². The van der Waals surface area contributed by atoms with Gasteiger partial charge in [0.2, 0.25) is 0 Å². The summed E-state index contributed by atoms with van der Waals surface area (Å²) in [4.78, 5) is 11.1. The van der Waals surface area contributed by atoms with Crippen molar-refractivity contribution >= 4 is 5.97 Å². The monoisotopic (exact) mass is 308 g/mol. The van der Waals surface area contributed by atoms with Crippen molar-refractivity contribution in [2.45, 2.75) is 31.7 Å². The van der Waals surface area contributed by atoms with Crippen molar-refractivity contribution in [3.63, 3.8) is 0 Å². The number of esters is 1. The second kappa shape index (κ2) is 6.75. The lowest BCUT2D eigenvalue weighted by Gasteiger charge is -2.33. The van der Waals surface area contributed by atoms with Gasteiger partial charge in [-0.2, -0.15) is 0 Å². The fourth-order valence-corrected chi connectivity index (χ4v) is 2.87. The Hall–Kier alpha value is -1.47. The Morgan fingerprint density at radius 2 is 2.05 bits per heavy atom. The fraction of sp³-hybridized carbons (Fsp3) is 0.562. The van der Waals surface area contributed by atoms with E-state index in [0.29, 0.717) is 6.61 Å². The third-order valence-corrected chi connectivity index (χ3v) is 3.92. The Labute approximate surface area is 129 Å². The number of fused-ring (bicyclic) bond motifs is 1. The van der Waals surface area contributed by atoms with E-state index in [0.717, 1.165) is 5.56 Å². The zero-order valence-electron chi connectivity index (χ0n) is 12.6. The second-order valence-corrected chi connectivity index (χ2v) is 5.42. The zero-order chi connectivity index (χ0) is 15.5. The second-order valence-electron chi connectivity index (χ2n) is 5.42. The van der Waals surface area contributed by atoms with E-state index in [1.807, 2.05) is 30.3 Å². The molecule has 120 valence electrons. The summed E-state index contributed by atoms with van der Waals surface area (Å²) in [5.74, 6) is -0.501. The molecule has 2 heterocycles. The minimum Gasteiger partial charge on any atom is -0.465 e. The molecule has 0 N–H and O–H groups in total. The molecule has 22 heavy (non-hydrogen) atoms. The standard InChI is InChI=1S/C16H20O6/c1-10(17)19-8-12-14-13(21-16(12)18-2)9-20-15(22-14)11-6-4-3-5-7-11/h3-7,12-16H,8-9H2,1-2H3/t12?,13-,14-,15+,16-/m1/s1. The molecule has 0 bridgehead atoms. The summed E-state index contributed by atoms with van der Waals surface area (Å²) < 4.78 is 28.0. The number of methoxy groups -OCH3 is 1. The summed E-state index contributed by atoms with van der Waals surface area (Å²) in [6, 6.07) is 9.73. The highest BCUT2D eigenvalue weighted by Gasteiger charge is 2.50. The molecule has 2 fully saturated rings. The van der Waals surface area contributed by atoms with Gasteiger partial charge in [0, 0.05) is 19.6 Å². The smallest absolute Gasteiger partial charge is 0.302 e. The quantitative estimate of drug-likeness (QED) is 0.788. The highest BCUT2D eigenvalue weighted by Crippen LogP contribution is 2.38. The van der Waals surface area contributed by atoms with Crippen LogP contribution in [0.15, 0.2) is 30.3 Å². The predicted octanol–water partition coefficient (Wildman–Crippen LogP) is 1.65. The van der Waals surface area contributed by atoms with Gasteiger partial charge in [0.25, 0.3) is 0 Å². The molecule has 6 heteroatoms. The number of carbonyl (C=O) groups is 1. The summed E-state index contributed by atoms with van der Waals surface area (Å²) >= 11 is 0. The molecule has 5 atom stereocenters. The summed E-state index contributed by atoms with van der Waals surface area (Å²) in [7, 11) is 1.57. The van der Waals surface area contributed by atoms with Crippen LogP contribution in [0.3, 0.4) is 0 Å². The van der Waals surface area contributed by atoms with E-state index in [1.54, 1.807) is 7.11 Å². The van der Waals surface area contributed by atoms with E-state index < -0.39 is 12.6 Å². The zero-order valence-corrected chi connectivity index (χ0v) is 12.6. The molecule has 0 aliphatic carbocycles. The number of carbonyl (C=O) groups excluding carboxylic acids is 1. The molecule has 1 aromatic rings. The topological polar surface area (TPSA) is 63.2 Å². The van der Waals surface area contributed by atoms with Gasteiger partial charge in [0.05, 0.1) is 12.5 Å². The molecule has 0 amide bonds. The van der Waals surface area contributed by atoms with E-state index in [-0.39, 0.29) is 30.7 Å². The molecule has 2 saturated heterocycles. The Morgan fingerprint density at radius 1 is 1.27 bits per heavy atom. The normalized spacial score (nSPS) is 34.2. The molecular formula is C16H20O6. The van der Waals surface area contributed by atoms with Crippen molar-refractivity contribution in [2.24, 2.45) is 5.92 Å². The molecule has 0 aromatic heterocycles. The first-order valence-electron chi connectivity index (χ1n) is 7.32. The highest BCUT2D eigenvalue weighted by molar-refractivity contribution is 5.65. The average molecular weight is 308 g/mol. The molecule has 0 spiro atoms. The first-order valence-corrected chi connectivity index (χ1v) is 7.32. The van der Waals surface area contributed by atoms with Crippen LogP contribution >= 0.6 is 0 Å². The van der Waals surface area contributed by atoms with Crippen molar-refractivity contribution < 1.29 is 28.5 Å². The fourth-order valence-electron chi connectivity index (χ4n) is 2.87. The van der Waals surface area contributed by atoms with Gasteiger partial charge in [-0.1, -0.05) is 30.3 Å². The largest absolute Gasteiger partial charge is 0.465 e. The highest BCUT2D eigenvalue weighted by atomic mass is 16.8. The maximum absolute atomic E-state index is 11.1. The molecular weight excluding hydrogens is 288 g/mol. The lowest BCUT2D eigenvalue weighted by Crippen LogP contribution is -2.42. The summed E-state index contributed by atoms with van der Waals surface area (Å²) in [6.45, 7) is 2.00. The minimum absolute atomic E-state index is 0.172. The Morgan fingerprint density at radius 3 is 2.73 bits per heavy atom. The van der Waals surface area contributed by atoms with E-state index in [4.69, 9.17) is 23.7 Å². The van der Waals surface area contributed by atoms with E-state index in [9.17, 15) is 4.79 Å². The van der Waals surface area contributed by atoms with E-state index >= 15 is 0 Å². The van der Waals surface area contributed by atoms with Crippen LogP contribution in [-0.4, -0.2) is 44.8 Å². The SMILES string of the molecule is CO[C@@H]1O[C@@H]2CO[C@H](c3ccccc3)O[C@@H]2C1COC(C)=O. The van der Waals surface area contributed by atoms with Crippen molar-refractivity contribution in [2.75, 3.05) is 20.3 Å². The van der Waals surface area contributed by atoms with Crippen LogP contribution in [-0.2, 0) is 28.5 Å². The summed E-state index contributed by atoms with van der Waals surface area (Å²) in [5.41, 5.74) is 0.952. The maximum Gasteiger partial charge on any atom is 0.302 e. The van der Waals surface area contributed by atoms with Crippen LogP contribution in [0.4, 0.5) is 0 Å². The van der Waals surface area contributed by atoms with Gasteiger partial charge in [-0.05, 0) is 0 Å². The average Bonchev–Trinajstić information content (AvgIpc) is 2.90. The summed E-state index contributed by atoms with van der Waals surface area (Å²) in [6.07, 6.45) is -1.36. The van der Waals surface area contributed by atoms with Crippen LogP contribution in [0.2, 0.25) is 0 Å². The number of rotatable bonds is 4. The van der Waals surface area contributed by atoms with Gasteiger partial charge in [0.15, 0.2) is 12.6 Å². The van der Waals surface area contributed by atoms with Crippen LogP contribution in [0.5, 0.6) is 0 Å². The predicted molar refractivity (Wildman–Crippen MR) is 75.8 cm³/mol. The van der Waals surface area contributed by atoms with Gasteiger partial charge >= 0.3 is 5.97 Å². The lowest BCUT2D eigenvalue weighted by atomic mass is 10.0. The van der Waals surface area contributed by atoms with Crippen molar-refractivity contribution in [3.05, 3.63) is 35.9 Å². The molecule has 0 radical (unpaired) electrons. The number of ether oxygens (including phenoxy) is 5. The molecule has 2 aliphatic rings. The number of hydrogen-bond donors (Lipinski definition) is 0. The van der Waals surface area contributed by atoms with Gasteiger partial charge in [0.1, 0.15) is 18.8 Å². The Balaban J connectivity index is 1.72. The summed E-state index contributed by atoms with van der Waals surface area (Å²) in [5, 5.41) is 0. The number of hydrogen-bond acceptors (Lipinski definition) is 6. The van der Waals surface area contributed by atoms with Gasteiger partial charge < -0.3 is 23.7 Å². The molecule has 2 aliphatic heterocycles. The van der Waals surface area contributed by atoms with E-state index in [1.165, 1.54) is 6.92 Å². The molecule has 3 rings (SSSR count). The first kappa shape index (κ1) is 15.4. The van der Waals surface area contributed by atoms with Crippen LogP contribution in [0.1, 0.15) is 18.8 Å². The van der Waals surface area contributed by atoms with Crippen LogP contribution in [0.25, 0.3) is 0 Å². The lowest BCUT2D eigenvalue weighted by molar-refractivity contribution is -0.252. The third kappa shape index (κ3) is 3.15. The van der Waals surface area contributed by atoms with Crippen LogP contribution in [0, 0.1) is 5.92 Å². The van der Waals surface area contributed by atoms with Crippen molar-refractivity contribution in [1.29, 1.82) is 0 Å². The van der Waals surface area contributed by atoms with Crippen LogP contribution < -0.4 is 0 Å². The molecule has 1 aromatic carbocycles.